The minimum absolute atomic E-state index is 0.0212. The summed E-state index contributed by atoms with van der Waals surface area (Å²) < 4.78 is 11.2. The zero-order valence-corrected chi connectivity index (χ0v) is 16.6. The van der Waals surface area contributed by atoms with E-state index in [9.17, 15) is 4.79 Å². The molecule has 4 rings (SSSR count). The van der Waals surface area contributed by atoms with Crippen molar-refractivity contribution < 1.29 is 14.1 Å². The normalized spacial score (nSPS) is 16.2. The lowest BCUT2D eigenvalue weighted by Crippen LogP contribution is -2.30. The van der Waals surface area contributed by atoms with Gasteiger partial charge >= 0.3 is 0 Å². The first kappa shape index (κ1) is 19.2. The zero-order valence-electron chi connectivity index (χ0n) is 16.6. The number of aromatic nitrogens is 2. The molecule has 0 bridgehead atoms. The minimum Gasteiger partial charge on any atom is -0.494 e. The summed E-state index contributed by atoms with van der Waals surface area (Å²) in [5, 5.41) is 4.10. The number of carbonyl (C=O) groups excluding carboxylic acids is 1. The van der Waals surface area contributed by atoms with E-state index in [2.05, 4.69) is 17.1 Å². The Kier molecular flexibility index (Phi) is 5.89. The third kappa shape index (κ3) is 4.31. The Hall–Kier alpha value is -3.15. The Labute approximate surface area is 170 Å². The average molecular weight is 391 g/mol. The van der Waals surface area contributed by atoms with Crippen LogP contribution in [0, 0.1) is 0 Å². The van der Waals surface area contributed by atoms with Gasteiger partial charge in [0.05, 0.1) is 6.61 Å². The first-order valence-corrected chi connectivity index (χ1v) is 10.2. The number of likely N-dealkylation sites (tertiary alicyclic amines) is 1. The molecule has 6 nitrogen and oxygen atoms in total. The van der Waals surface area contributed by atoms with Crippen molar-refractivity contribution in [1.82, 2.24) is 15.0 Å². The summed E-state index contributed by atoms with van der Waals surface area (Å²) in [5.74, 6) is 1.81. The molecule has 1 atom stereocenters. The molecule has 1 aliphatic heterocycles. The van der Waals surface area contributed by atoms with Gasteiger partial charge in [0.25, 0.3) is 5.91 Å². The van der Waals surface area contributed by atoms with Crippen LogP contribution < -0.4 is 4.74 Å². The van der Waals surface area contributed by atoms with E-state index in [1.807, 2.05) is 59.5 Å². The Morgan fingerprint density at radius 3 is 2.72 bits per heavy atom. The van der Waals surface area contributed by atoms with Crippen LogP contribution in [-0.2, 0) is 0 Å². The van der Waals surface area contributed by atoms with Gasteiger partial charge in [-0.2, -0.15) is 4.98 Å². The van der Waals surface area contributed by atoms with E-state index in [1.165, 1.54) is 0 Å². The largest absolute Gasteiger partial charge is 0.494 e. The highest BCUT2D eigenvalue weighted by molar-refractivity contribution is 5.94. The van der Waals surface area contributed by atoms with Crippen molar-refractivity contribution in [2.24, 2.45) is 0 Å². The number of carbonyl (C=O) groups is 1. The smallest absolute Gasteiger partial charge is 0.254 e. The van der Waals surface area contributed by atoms with Crippen molar-refractivity contribution in [3.63, 3.8) is 0 Å². The molecule has 1 unspecified atom stereocenters. The molecule has 0 saturated carbocycles. The lowest BCUT2D eigenvalue weighted by molar-refractivity contribution is 0.0710. The molecular formula is C23H25N3O3. The van der Waals surface area contributed by atoms with Gasteiger partial charge in [-0.05, 0) is 43.5 Å². The molecule has 1 saturated heterocycles. The summed E-state index contributed by atoms with van der Waals surface area (Å²) in [4.78, 5) is 19.5. The van der Waals surface area contributed by atoms with Gasteiger partial charge in [-0.25, -0.2) is 0 Å². The second-order valence-corrected chi connectivity index (χ2v) is 7.21. The standard InChI is InChI=1S/C23H25N3O3/c1-2-3-16-28-19-13-11-18(12-14-19)23(27)26-15-7-10-20(26)22-24-21(25-29-22)17-8-5-4-6-9-17/h4-6,8-9,11-14,20H,2-3,7,10,15-16H2,1H3. The number of hydrogen-bond donors (Lipinski definition) is 0. The van der Waals surface area contributed by atoms with Crippen LogP contribution in [0.3, 0.4) is 0 Å². The summed E-state index contributed by atoms with van der Waals surface area (Å²) in [6.45, 7) is 3.50. The highest BCUT2D eigenvalue weighted by atomic mass is 16.5. The Morgan fingerprint density at radius 1 is 1.17 bits per heavy atom. The average Bonchev–Trinajstić information content (AvgIpc) is 3.44. The third-order valence-electron chi connectivity index (χ3n) is 5.14. The minimum atomic E-state index is -0.187. The van der Waals surface area contributed by atoms with Crippen molar-refractivity contribution in [2.75, 3.05) is 13.2 Å². The zero-order chi connectivity index (χ0) is 20.1. The maximum Gasteiger partial charge on any atom is 0.254 e. The van der Waals surface area contributed by atoms with E-state index in [0.717, 1.165) is 37.0 Å². The maximum absolute atomic E-state index is 13.1. The SMILES string of the molecule is CCCCOc1ccc(C(=O)N2CCCC2c2nc(-c3ccccc3)no2)cc1. The van der Waals surface area contributed by atoms with E-state index in [-0.39, 0.29) is 11.9 Å². The molecule has 1 aliphatic rings. The number of ether oxygens (including phenoxy) is 1. The van der Waals surface area contributed by atoms with Gasteiger partial charge in [0, 0.05) is 17.7 Å². The Morgan fingerprint density at radius 2 is 1.97 bits per heavy atom. The van der Waals surface area contributed by atoms with Gasteiger partial charge in [-0.15, -0.1) is 0 Å². The van der Waals surface area contributed by atoms with Crippen LogP contribution in [0.5, 0.6) is 5.75 Å². The Bertz CT molecular complexity index is 938. The van der Waals surface area contributed by atoms with Crippen molar-refractivity contribution in [2.45, 2.75) is 38.6 Å². The second-order valence-electron chi connectivity index (χ2n) is 7.21. The summed E-state index contributed by atoms with van der Waals surface area (Å²) in [6, 6.07) is 16.9. The van der Waals surface area contributed by atoms with Gasteiger partial charge in [0.1, 0.15) is 11.8 Å². The lowest BCUT2D eigenvalue weighted by Gasteiger charge is -2.22. The van der Waals surface area contributed by atoms with Crippen LogP contribution in [0.4, 0.5) is 0 Å². The number of amides is 1. The molecule has 0 spiro atoms. The quantitative estimate of drug-likeness (QED) is 0.536. The van der Waals surface area contributed by atoms with E-state index < -0.39 is 0 Å². The molecule has 6 heteroatoms. The van der Waals surface area contributed by atoms with Gasteiger partial charge in [0.15, 0.2) is 0 Å². The summed E-state index contributed by atoms with van der Waals surface area (Å²) >= 11 is 0. The molecule has 150 valence electrons. The van der Waals surface area contributed by atoms with Gasteiger partial charge in [-0.1, -0.05) is 48.8 Å². The molecule has 2 heterocycles. The van der Waals surface area contributed by atoms with Crippen LogP contribution in [0.1, 0.15) is 54.9 Å². The predicted octanol–water partition coefficient (Wildman–Crippen LogP) is 4.89. The molecule has 1 amide bonds. The van der Waals surface area contributed by atoms with Crippen LogP contribution in [0.2, 0.25) is 0 Å². The first-order valence-electron chi connectivity index (χ1n) is 10.2. The maximum atomic E-state index is 13.1. The predicted molar refractivity (Wildman–Crippen MR) is 110 cm³/mol. The molecule has 0 aliphatic carbocycles. The molecule has 1 aromatic heterocycles. The van der Waals surface area contributed by atoms with Gasteiger partial charge in [-0.3, -0.25) is 4.79 Å². The molecule has 0 radical (unpaired) electrons. The van der Waals surface area contributed by atoms with Crippen molar-refractivity contribution in [3.05, 3.63) is 66.1 Å². The van der Waals surface area contributed by atoms with Crippen LogP contribution in [0.15, 0.2) is 59.1 Å². The van der Waals surface area contributed by atoms with E-state index in [0.29, 0.717) is 30.4 Å². The first-order chi connectivity index (χ1) is 14.3. The summed E-state index contributed by atoms with van der Waals surface area (Å²) in [5.41, 5.74) is 1.54. The van der Waals surface area contributed by atoms with Gasteiger partial charge < -0.3 is 14.2 Å². The molecule has 1 fully saturated rings. The second kappa shape index (κ2) is 8.90. The topological polar surface area (TPSA) is 68.5 Å². The fourth-order valence-corrected chi connectivity index (χ4v) is 3.54. The van der Waals surface area contributed by atoms with Crippen molar-refractivity contribution >= 4 is 5.91 Å². The third-order valence-corrected chi connectivity index (χ3v) is 5.14. The highest BCUT2D eigenvalue weighted by Crippen LogP contribution is 2.33. The molecule has 2 aromatic carbocycles. The number of unbranched alkanes of at least 4 members (excludes halogenated alkanes) is 1. The highest BCUT2D eigenvalue weighted by Gasteiger charge is 2.34. The Balaban J connectivity index is 1.47. The molecule has 0 N–H and O–H groups in total. The lowest BCUT2D eigenvalue weighted by atomic mass is 10.1. The summed E-state index contributed by atoms with van der Waals surface area (Å²) in [7, 11) is 0. The molecule has 29 heavy (non-hydrogen) atoms. The number of benzene rings is 2. The number of hydrogen-bond acceptors (Lipinski definition) is 5. The summed E-state index contributed by atoms with van der Waals surface area (Å²) in [6.07, 6.45) is 3.85. The fraction of sp³-hybridized carbons (Fsp3) is 0.348. The monoisotopic (exact) mass is 391 g/mol. The van der Waals surface area contributed by atoms with E-state index in [4.69, 9.17) is 9.26 Å². The number of rotatable bonds is 7. The molecule has 3 aromatic rings. The van der Waals surface area contributed by atoms with Crippen LogP contribution in [0.25, 0.3) is 11.4 Å². The van der Waals surface area contributed by atoms with E-state index in [1.54, 1.807) is 0 Å². The van der Waals surface area contributed by atoms with E-state index >= 15 is 0 Å². The van der Waals surface area contributed by atoms with Gasteiger partial charge in [0.2, 0.25) is 11.7 Å². The molecular weight excluding hydrogens is 366 g/mol. The van der Waals surface area contributed by atoms with Crippen LogP contribution in [-0.4, -0.2) is 34.1 Å². The van der Waals surface area contributed by atoms with Crippen LogP contribution >= 0.6 is 0 Å². The van der Waals surface area contributed by atoms with Crippen molar-refractivity contribution in [3.8, 4) is 17.1 Å². The number of nitrogens with zero attached hydrogens (tertiary/aromatic N) is 3. The van der Waals surface area contributed by atoms with Crippen molar-refractivity contribution in [1.29, 1.82) is 0 Å². The fourth-order valence-electron chi connectivity index (χ4n) is 3.54.